The number of aryl methyl sites for hydroxylation is 1. The van der Waals surface area contributed by atoms with Crippen molar-refractivity contribution in [2.24, 2.45) is 0 Å². The molecule has 0 amide bonds. The van der Waals surface area contributed by atoms with Gasteiger partial charge in [0.1, 0.15) is 5.75 Å². The summed E-state index contributed by atoms with van der Waals surface area (Å²) in [6.07, 6.45) is 4.81. The molecule has 21 heavy (non-hydrogen) atoms. The second-order valence-electron chi connectivity index (χ2n) is 6.24. The van der Waals surface area contributed by atoms with Gasteiger partial charge in [-0.15, -0.1) is 0 Å². The Hall–Kier alpha value is -1.80. The van der Waals surface area contributed by atoms with Gasteiger partial charge < -0.3 is 5.11 Å². The molecule has 1 fully saturated rings. The fourth-order valence-electron chi connectivity index (χ4n) is 4.12. The van der Waals surface area contributed by atoms with E-state index in [0.29, 0.717) is 17.8 Å². The van der Waals surface area contributed by atoms with Gasteiger partial charge in [0.25, 0.3) is 0 Å². The van der Waals surface area contributed by atoms with Crippen molar-refractivity contribution in [2.75, 3.05) is 6.54 Å². The Morgan fingerprint density at radius 3 is 2.67 bits per heavy atom. The summed E-state index contributed by atoms with van der Waals surface area (Å²) in [5.41, 5.74) is 4.21. The molecule has 2 aliphatic rings. The Balaban J connectivity index is 1.65. The van der Waals surface area contributed by atoms with Crippen LogP contribution in [0.2, 0.25) is 0 Å². The van der Waals surface area contributed by atoms with E-state index in [1.54, 1.807) is 0 Å². The van der Waals surface area contributed by atoms with Gasteiger partial charge in [0.2, 0.25) is 0 Å². The van der Waals surface area contributed by atoms with Gasteiger partial charge in [-0.05, 0) is 61.1 Å². The van der Waals surface area contributed by atoms with E-state index in [1.165, 1.54) is 42.5 Å². The van der Waals surface area contributed by atoms with Crippen LogP contribution in [0.15, 0.2) is 48.5 Å². The Labute approximate surface area is 126 Å². The highest BCUT2D eigenvalue weighted by Crippen LogP contribution is 2.44. The molecule has 2 nitrogen and oxygen atoms in total. The first-order chi connectivity index (χ1) is 10.3. The lowest BCUT2D eigenvalue weighted by molar-refractivity contribution is 0.180. The fraction of sp³-hybridized carbons (Fsp3) is 0.368. The van der Waals surface area contributed by atoms with Crippen LogP contribution in [0.1, 0.15) is 48.0 Å². The van der Waals surface area contributed by atoms with Gasteiger partial charge in [-0.3, -0.25) is 4.90 Å². The SMILES string of the molecule is Oc1ccc2c(c1)CCC2N1CCCC1c1ccccc1. The zero-order chi connectivity index (χ0) is 14.2. The monoisotopic (exact) mass is 279 g/mol. The van der Waals surface area contributed by atoms with E-state index in [0.717, 1.165) is 6.42 Å². The van der Waals surface area contributed by atoms with E-state index in [2.05, 4.69) is 41.3 Å². The van der Waals surface area contributed by atoms with Crippen LogP contribution in [0.4, 0.5) is 0 Å². The maximum Gasteiger partial charge on any atom is 0.115 e. The highest BCUT2D eigenvalue weighted by Gasteiger charge is 2.35. The molecule has 0 aromatic heterocycles. The first-order valence-corrected chi connectivity index (χ1v) is 7.95. The lowest BCUT2D eigenvalue weighted by Crippen LogP contribution is -2.27. The van der Waals surface area contributed by atoms with E-state index >= 15 is 0 Å². The Morgan fingerprint density at radius 1 is 0.952 bits per heavy atom. The lowest BCUT2D eigenvalue weighted by atomic mass is 10.0. The molecule has 2 aromatic rings. The number of aromatic hydroxyl groups is 1. The Bertz CT molecular complexity index is 637. The lowest BCUT2D eigenvalue weighted by Gasteiger charge is -2.31. The molecular formula is C19H21NO. The summed E-state index contributed by atoms with van der Waals surface area (Å²) in [5, 5.41) is 9.66. The number of rotatable bonds is 2. The number of phenolic OH excluding ortho intramolecular Hbond substituents is 1. The van der Waals surface area contributed by atoms with Crippen LogP contribution in [0.25, 0.3) is 0 Å². The van der Waals surface area contributed by atoms with Gasteiger partial charge in [0.05, 0.1) is 0 Å². The van der Waals surface area contributed by atoms with E-state index in [-0.39, 0.29) is 0 Å². The molecule has 0 radical (unpaired) electrons. The average molecular weight is 279 g/mol. The normalized spacial score (nSPS) is 25.1. The number of hydrogen-bond donors (Lipinski definition) is 1. The third kappa shape index (κ3) is 2.24. The molecule has 1 N–H and O–H groups in total. The molecule has 1 aliphatic heterocycles. The summed E-state index contributed by atoms with van der Waals surface area (Å²) in [7, 11) is 0. The van der Waals surface area contributed by atoms with E-state index < -0.39 is 0 Å². The van der Waals surface area contributed by atoms with Crippen LogP contribution in [0, 0.1) is 0 Å². The quantitative estimate of drug-likeness (QED) is 0.890. The maximum absolute atomic E-state index is 9.66. The smallest absolute Gasteiger partial charge is 0.115 e. The molecule has 108 valence electrons. The van der Waals surface area contributed by atoms with Crippen molar-refractivity contribution in [3.05, 3.63) is 65.2 Å². The number of likely N-dealkylation sites (tertiary alicyclic amines) is 1. The van der Waals surface area contributed by atoms with E-state index in [1.807, 2.05) is 12.1 Å². The topological polar surface area (TPSA) is 23.5 Å². The first kappa shape index (κ1) is 12.9. The summed E-state index contributed by atoms with van der Waals surface area (Å²) < 4.78 is 0. The van der Waals surface area contributed by atoms with Gasteiger partial charge in [-0.2, -0.15) is 0 Å². The van der Waals surface area contributed by atoms with Crippen molar-refractivity contribution >= 4 is 0 Å². The van der Waals surface area contributed by atoms with Crippen molar-refractivity contribution in [1.82, 2.24) is 4.90 Å². The first-order valence-electron chi connectivity index (χ1n) is 7.95. The summed E-state index contributed by atoms with van der Waals surface area (Å²) in [4.78, 5) is 2.68. The van der Waals surface area contributed by atoms with Crippen LogP contribution in [-0.2, 0) is 6.42 Å². The molecule has 0 bridgehead atoms. The van der Waals surface area contributed by atoms with Crippen molar-refractivity contribution in [3.63, 3.8) is 0 Å². The molecule has 2 unspecified atom stereocenters. The summed E-state index contributed by atoms with van der Waals surface area (Å²) in [6.45, 7) is 1.19. The number of fused-ring (bicyclic) bond motifs is 1. The third-order valence-corrected chi connectivity index (χ3v) is 5.05. The van der Waals surface area contributed by atoms with E-state index in [9.17, 15) is 5.11 Å². The van der Waals surface area contributed by atoms with Gasteiger partial charge in [0, 0.05) is 12.1 Å². The number of phenols is 1. The van der Waals surface area contributed by atoms with Crippen LogP contribution in [-0.4, -0.2) is 16.6 Å². The van der Waals surface area contributed by atoms with Crippen molar-refractivity contribution in [1.29, 1.82) is 0 Å². The molecule has 1 heterocycles. The van der Waals surface area contributed by atoms with Gasteiger partial charge in [0.15, 0.2) is 0 Å². The molecule has 4 rings (SSSR count). The zero-order valence-electron chi connectivity index (χ0n) is 12.2. The van der Waals surface area contributed by atoms with E-state index in [4.69, 9.17) is 0 Å². The van der Waals surface area contributed by atoms with Gasteiger partial charge in [-0.1, -0.05) is 36.4 Å². The van der Waals surface area contributed by atoms with Crippen molar-refractivity contribution in [2.45, 2.75) is 37.8 Å². The van der Waals surface area contributed by atoms with Crippen molar-refractivity contribution < 1.29 is 5.11 Å². The second kappa shape index (κ2) is 5.19. The fourth-order valence-corrected chi connectivity index (χ4v) is 4.12. The van der Waals surface area contributed by atoms with Gasteiger partial charge in [-0.25, -0.2) is 0 Å². The number of nitrogens with zero attached hydrogens (tertiary/aromatic N) is 1. The zero-order valence-corrected chi connectivity index (χ0v) is 12.2. The number of hydrogen-bond acceptors (Lipinski definition) is 2. The molecule has 2 atom stereocenters. The third-order valence-electron chi connectivity index (χ3n) is 5.05. The highest BCUT2D eigenvalue weighted by atomic mass is 16.3. The largest absolute Gasteiger partial charge is 0.508 e. The molecular weight excluding hydrogens is 258 g/mol. The Kier molecular flexibility index (Phi) is 3.19. The molecule has 1 saturated heterocycles. The predicted molar refractivity (Wildman–Crippen MR) is 84.3 cm³/mol. The Morgan fingerprint density at radius 2 is 1.81 bits per heavy atom. The minimum Gasteiger partial charge on any atom is -0.508 e. The van der Waals surface area contributed by atoms with Crippen LogP contribution in [0.3, 0.4) is 0 Å². The van der Waals surface area contributed by atoms with Crippen molar-refractivity contribution in [3.8, 4) is 5.75 Å². The standard InChI is InChI=1S/C19H21NO/c21-16-9-10-17-15(13-16)8-11-19(17)20-12-4-7-18(20)14-5-2-1-3-6-14/h1-3,5-6,9-10,13,18-19,21H,4,7-8,11-12H2. The predicted octanol–water partition coefficient (Wildman–Crippen LogP) is 4.22. The highest BCUT2D eigenvalue weighted by molar-refractivity contribution is 5.40. The number of benzene rings is 2. The summed E-state index contributed by atoms with van der Waals surface area (Å²) in [5.74, 6) is 0.399. The maximum atomic E-state index is 9.66. The molecule has 2 heteroatoms. The summed E-state index contributed by atoms with van der Waals surface area (Å²) in [6, 6.07) is 17.9. The minimum atomic E-state index is 0.399. The van der Waals surface area contributed by atoms with Gasteiger partial charge >= 0.3 is 0 Å². The molecule has 0 spiro atoms. The van der Waals surface area contributed by atoms with Crippen LogP contribution in [0.5, 0.6) is 5.75 Å². The molecule has 1 aliphatic carbocycles. The molecule has 2 aromatic carbocycles. The molecule has 0 saturated carbocycles. The summed E-state index contributed by atoms with van der Waals surface area (Å²) >= 11 is 0. The minimum absolute atomic E-state index is 0.399. The van der Waals surface area contributed by atoms with Crippen LogP contribution < -0.4 is 0 Å². The average Bonchev–Trinajstić information content (AvgIpc) is 3.13. The van der Waals surface area contributed by atoms with Crippen LogP contribution >= 0.6 is 0 Å². The second-order valence-corrected chi connectivity index (χ2v) is 6.24.